The van der Waals surface area contributed by atoms with Crippen LogP contribution in [0.5, 0.6) is 0 Å². The highest BCUT2D eigenvalue weighted by Gasteiger charge is 2.26. The number of aldehydes is 1. The fourth-order valence-electron chi connectivity index (χ4n) is 3.51. The molecule has 0 aromatic heterocycles. The van der Waals surface area contributed by atoms with E-state index in [9.17, 15) is 14.4 Å². The summed E-state index contributed by atoms with van der Waals surface area (Å²) in [6.07, 6.45) is 13.2. The molecular formula is C26H38BrN5O4. The molecule has 0 spiro atoms. The molecule has 0 aromatic rings. The number of hydrogen-bond donors (Lipinski definition) is 2. The maximum Gasteiger partial charge on any atom is 0.324 e. The van der Waals surface area contributed by atoms with Gasteiger partial charge in [0.2, 0.25) is 5.96 Å². The van der Waals surface area contributed by atoms with Gasteiger partial charge < -0.3 is 30.0 Å². The highest BCUT2D eigenvalue weighted by molar-refractivity contribution is 9.12. The topological polar surface area (TPSA) is 103 Å². The lowest BCUT2D eigenvalue weighted by Gasteiger charge is -2.32. The van der Waals surface area contributed by atoms with Crippen LogP contribution in [0.2, 0.25) is 0 Å². The largest absolute Gasteiger partial charge is 0.443 e. The number of halogens is 1. The predicted octanol–water partition coefficient (Wildman–Crippen LogP) is 3.22. The van der Waals surface area contributed by atoms with Gasteiger partial charge in [0.25, 0.3) is 5.91 Å². The third-order valence-corrected chi connectivity index (χ3v) is 6.36. The van der Waals surface area contributed by atoms with E-state index < -0.39 is 0 Å². The third kappa shape index (κ3) is 9.39. The number of likely N-dealkylation sites (N-methyl/N-ethyl adjacent to an activating group) is 1. The lowest BCUT2D eigenvalue weighted by molar-refractivity contribution is -0.149. The Morgan fingerprint density at radius 1 is 1.33 bits per heavy atom. The molecule has 0 aromatic carbocycles. The van der Waals surface area contributed by atoms with Gasteiger partial charge in [0.05, 0.1) is 0 Å². The van der Waals surface area contributed by atoms with Crippen molar-refractivity contribution in [2.75, 3.05) is 33.9 Å². The van der Waals surface area contributed by atoms with Gasteiger partial charge in [-0.15, -0.1) is 0 Å². The molecule has 2 heterocycles. The van der Waals surface area contributed by atoms with E-state index in [0.29, 0.717) is 30.9 Å². The fourth-order valence-corrected chi connectivity index (χ4v) is 4.00. The van der Waals surface area contributed by atoms with Gasteiger partial charge in [0.1, 0.15) is 12.3 Å². The minimum Gasteiger partial charge on any atom is -0.443 e. The van der Waals surface area contributed by atoms with Gasteiger partial charge in [0, 0.05) is 49.0 Å². The molecule has 0 bridgehead atoms. The number of ether oxygens (including phenoxy) is 1. The first-order chi connectivity index (χ1) is 17.1. The second-order valence-electron chi connectivity index (χ2n) is 9.89. The van der Waals surface area contributed by atoms with Crippen molar-refractivity contribution in [2.24, 2.45) is 10.4 Å². The summed E-state index contributed by atoms with van der Waals surface area (Å²) in [4.78, 5) is 42.7. The second-order valence-corrected chi connectivity index (χ2v) is 10.7. The van der Waals surface area contributed by atoms with Gasteiger partial charge >= 0.3 is 5.97 Å². The first kappa shape index (κ1) is 29.5. The molecule has 0 unspecified atom stereocenters. The monoisotopic (exact) mass is 563 g/mol. The lowest BCUT2D eigenvalue weighted by Crippen LogP contribution is -2.46. The summed E-state index contributed by atoms with van der Waals surface area (Å²) >= 11 is 3.49. The highest BCUT2D eigenvalue weighted by atomic mass is 79.9. The standard InChI is InChI=1S/C20H26BrN5O3.C6H12O/c1-22-16-9-7-14(6-8-15(16)21)18(27)24-20-25(2)11-4-12-26(20)13-29-19(28)17-5-3-10-23-17;1-6(2,3)4-5-7/h4,7-9,11,17,22-23H,3,5-6,10,12-13H2,1-2H3;5H,4H2,1-3H3/t17-;/m0./s1. The third-order valence-electron chi connectivity index (χ3n) is 5.61. The summed E-state index contributed by atoms with van der Waals surface area (Å²) in [6, 6.07) is -0.246. The van der Waals surface area contributed by atoms with Crippen molar-refractivity contribution in [3.05, 3.63) is 46.3 Å². The van der Waals surface area contributed by atoms with Crippen LogP contribution in [0.3, 0.4) is 0 Å². The fraction of sp³-hybridized carbons (Fsp3) is 0.538. The molecular weight excluding hydrogens is 526 g/mol. The van der Waals surface area contributed by atoms with E-state index in [-0.39, 0.29) is 30.1 Å². The average Bonchev–Trinajstić information content (AvgIpc) is 3.29. The molecule has 36 heavy (non-hydrogen) atoms. The number of guanidine groups is 1. The zero-order valence-corrected chi connectivity index (χ0v) is 23.4. The molecule has 0 radical (unpaired) electrons. The van der Waals surface area contributed by atoms with E-state index in [1.165, 1.54) is 0 Å². The van der Waals surface area contributed by atoms with Gasteiger partial charge in [-0.25, -0.2) is 0 Å². The number of carbonyl (C=O) groups is 3. The lowest BCUT2D eigenvalue weighted by atomic mass is 9.93. The smallest absolute Gasteiger partial charge is 0.324 e. The van der Waals surface area contributed by atoms with Crippen LogP contribution in [0.1, 0.15) is 46.5 Å². The van der Waals surface area contributed by atoms with Crippen LogP contribution in [0.4, 0.5) is 0 Å². The molecule has 3 rings (SSSR count). The molecule has 9 nitrogen and oxygen atoms in total. The molecule has 0 saturated carbocycles. The molecule has 10 heteroatoms. The molecule has 3 aliphatic rings. The number of nitrogens with one attached hydrogen (secondary N) is 2. The molecule has 198 valence electrons. The molecule has 1 aliphatic carbocycles. The van der Waals surface area contributed by atoms with Crippen molar-refractivity contribution >= 4 is 40.1 Å². The zero-order valence-electron chi connectivity index (χ0n) is 21.8. The van der Waals surface area contributed by atoms with Crippen LogP contribution >= 0.6 is 15.9 Å². The van der Waals surface area contributed by atoms with E-state index in [0.717, 1.165) is 35.9 Å². The number of rotatable bonds is 6. The second kappa shape index (κ2) is 14.1. The Hall–Kier alpha value is -2.72. The average molecular weight is 565 g/mol. The van der Waals surface area contributed by atoms with E-state index >= 15 is 0 Å². The van der Waals surface area contributed by atoms with Crippen molar-refractivity contribution < 1.29 is 19.1 Å². The van der Waals surface area contributed by atoms with Crippen molar-refractivity contribution in [3.63, 3.8) is 0 Å². The van der Waals surface area contributed by atoms with Crippen LogP contribution in [0.15, 0.2) is 51.2 Å². The Balaban J connectivity index is 0.000000572. The van der Waals surface area contributed by atoms with E-state index in [4.69, 9.17) is 4.74 Å². The predicted molar refractivity (Wildman–Crippen MR) is 145 cm³/mol. The molecule has 2 N–H and O–H groups in total. The van der Waals surface area contributed by atoms with Crippen molar-refractivity contribution in [3.8, 4) is 0 Å². The first-order valence-electron chi connectivity index (χ1n) is 12.1. The zero-order chi connectivity index (χ0) is 26.7. The van der Waals surface area contributed by atoms with Gasteiger partial charge in [0.15, 0.2) is 6.73 Å². The van der Waals surface area contributed by atoms with Crippen molar-refractivity contribution in [1.82, 2.24) is 20.4 Å². The maximum absolute atomic E-state index is 12.8. The number of amides is 1. The van der Waals surface area contributed by atoms with Gasteiger partial charge in [-0.05, 0) is 59.3 Å². The van der Waals surface area contributed by atoms with Gasteiger partial charge in [-0.2, -0.15) is 4.99 Å². The Kier molecular flexibility index (Phi) is 11.6. The minimum absolute atomic E-state index is 0.0477. The summed E-state index contributed by atoms with van der Waals surface area (Å²) in [5, 5.41) is 6.20. The molecule has 1 fully saturated rings. The summed E-state index contributed by atoms with van der Waals surface area (Å²) in [7, 11) is 3.64. The highest BCUT2D eigenvalue weighted by Crippen LogP contribution is 2.22. The summed E-state index contributed by atoms with van der Waals surface area (Å²) in [6.45, 7) is 7.52. The van der Waals surface area contributed by atoms with Gasteiger partial charge in [-0.1, -0.05) is 32.9 Å². The summed E-state index contributed by atoms with van der Waals surface area (Å²) in [5.74, 6) is -0.131. The SMILES string of the molecule is CC(C)(C)CC=O.CNC1=CC=C(C(=O)N=C2N(C)C=CCN2COC(=O)[C@@H]2CCCN2)CC=C1Br. The Bertz CT molecular complexity index is 956. The number of esters is 1. The molecule has 1 atom stereocenters. The number of hydrogen-bond acceptors (Lipinski definition) is 6. The minimum atomic E-state index is -0.318. The van der Waals surface area contributed by atoms with Crippen LogP contribution < -0.4 is 10.6 Å². The van der Waals surface area contributed by atoms with Crippen LogP contribution in [-0.4, -0.2) is 73.9 Å². The quantitative estimate of drug-likeness (QED) is 0.375. The van der Waals surface area contributed by atoms with Crippen LogP contribution in [0, 0.1) is 5.41 Å². The Morgan fingerprint density at radius 3 is 2.67 bits per heavy atom. The van der Waals surface area contributed by atoms with Gasteiger partial charge in [-0.3, -0.25) is 9.59 Å². The number of nitrogens with zero attached hydrogens (tertiary/aromatic N) is 3. The van der Waals surface area contributed by atoms with E-state index in [1.54, 1.807) is 15.9 Å². The normalized spacial score (nSPS) is 21.0. The van der Waals surface area contributed by atoms with E-state index in [1.807, 2.05) is 59.3 Å². The number of aliphatic imine (C=N–C) groups is 1. The molecule has 2 aliphatic heterocycles. The number of carbonyl (C=O) groups excluding carboxylic acids is 3. The van der Waals surface area contributed by atoms with Crippen LogP contribution in [0.25, 0.3) is 0 Å². The Labute approximate surface area is 222 Å². The summed E-state index contributed by atoms with van der Waals surface area (Å²) < 4.78 is 6.36. The van der Waals surface area contributed by atoms with Crippen LogP contribution in [-0.2, 0) is 19.1 Å². The Morgan fingerprint density at radius 2 is 2.08 bits per heavy atom. The molecule has 1 saturated heterocycles. The van der Waals surface area contributed by atoms with Crippen molar-refractivity contribution in [1.29, 1.82) is 0 Å². The maximum atomic E-state index is 12.8. The number of allylic oxidation sites excluding steroid dienone is 4. The van der Waals surface area contributed by atoms with Crippen molar-refractivity contribution in [2.45, 2.75) is 52.5 Å². The molecule has 1 amide bonds. The summed E-state index contributed by atoms with van der Waals surface area (Å²) in [5.41, 5.74) is 1.66. The van der Waals surface area contributed by atoms with E-state index in [2.05, 4.69) is 31.6 Å². The first-order valence-corrected chi connectivity index (χ1v) is 12.9.